The standard InChI is InChI=1S/C17H23N3O3/c1-12-19-15-6-5-13(8-16(15)20-12)9-18-17(21)11-22-10-14-4-2-3-7-23-14/h5-6,8,14H,2-4,7,9-11H2,1H3,(H,18,21)(H,19,20). The van der Waals surface area contributed by atoms with Gasteiger partial charge >= 0.3 is 0 Å². The molecule has 6 heteroatoms. The number of aryl methyl sites for hydroxylation is 1. The van der Waals surface area contributed by atoms with Crippen LogP contribution in [0, 0.1) is 6.92 Å². The largest absolute Gasteiger partial charge is 0.376 e. The summed E-state index contributed by atoms with van der Waals surface area (Å²) in [7, 11) is 0. The number of hydrogen-bond donors (Lipinski definition) is 2. The highest BCUT2D eigenvalue weighted by molar-refractivity contribution is 5.78. The van der Waals surface area contributed by atoms with Crippen LogP contribution in [0.3, 0.4) is 0 Å². The molecular weight excluding hydrogens is 294 g/mol. The molecule has 0 bridgehead atoms. The van der Waals surface area contributed by atoms with E-state index in [0.29, 0.717) is 13.2 Å². The van der Waals surface area contributed by atoms with Crippen molar-refractivity contribution in [2.75, 3.05) is 19.8 Å². The zero-order chi connectivity index (χ0) is 16.1. The van der Waals surface area contributed by atoms with E-state index >= 15 is 0 Å². The van der Waals surface area contributed by atoms with Crippen LogP contribution in [0.25, 0.3) is 11.0 Å². The quantitative estimate of drug-likeness (QED) is 0.855. The molecule has 3 rings (SSSR count). The molecule has 23 heavy (non-hydrogen) atoms. The van der Waals surface area contributed by atoms with E-state index in [2.05, 4.69) is 15.3 Å². The van der Waals surface area contributed by atoms with Crippen LogP contribution in [0.4, 0.5) is 0 Å². The predicted molar refractivity (Wildman–Crippen MR) is 87.1 cm³/mol. The summed E-state index contributed by atoms with van der Waals surface area (Å²) in [6.07, 6.45) is 3.46. The molecule has 124 valence electrons. The van der Waals surface area contributed by atoms with Crippen LogP contribution >= 0.6 is 0 Å². The number of carbonyl (C=O) groups is 1. The number of amides is 1. The van der Waals surface area contributed by atoms with Crippen molar-refractivity contribution < 1.29 is 14.3 Å². The summed E-state index contributed by atoms with van der Waals surface area (Å²) in [6, 6.07) is 5.93. The number of ether oxygens (including phenoxy) is 2. The van der Waals surface area contributed by atoms with Crippen LogP contribution in [0.2, 0.25) is 0 Å². The number of H-pyrrole nitrogens is 1. The molecule has 0 aliphatic carbocycles. The fraction of sp³-hybridized carbons (Fsp3) is 0.529. The first-order valence-electron chi connectivity index (χ1n) is 8.12. The van der Waals surface area contributed by atoms with E-state index in [1.165, 1.54) is 6.42 Å². The molecular formula is C17H23N3O3. The molecule has 1 amide bonds. The lowest BCUT2D eigenvalue weighted by Crippen LogP contribution is -2.30. The zero-order valence-corrected chi connectivity index (χ0v) is 13.4. The van der Waals surface area contributed by atoms with Crippen molar-refractivity contribution in [2.45, 2.75) is 38.8 Å². The molecule has 6 nitrogen and oxygen atoms in total. The summed E-state index contributed by atoms with van der Waals surface area (Å²) in [6.45, 7) is 3.78. The topological polar surface area (TPSA) is 76.2 Å². The average Bonchev–Trinajstić information content (AvgIpc) is 2.93. The van der Waals surface area contributed by atoms with Gasteiger partial charge in [0.1, 0.15) is 12.4 Å². The third-order valence-corrected chi connectivity index (χ3v) is 3.97. The highest BCUT2D eigenvalue weighted by Crippen LogP contribution is 2.14. The third kappa shape index (κ3) is 4.53. The Hall–Kier alpha value is -1.92. The van der Waals surface area contributed by atoms with Gasteiger partial charge in [0.05, 0.1) is 23.7 Å². The molecule has 0 spiro atoms. The summed E-state index contributed by atoms with van der Waals surface area (Å²) < 4.78 is 11.0. The molecule has 1 atom stereocenters. The molecule has 1 aromatic carbocycles. The van der Waals surface area contributed by atoms with Gasteiger partial charge in [-0.2, -0.15) is 0 Å². The predicted octanol–water partition coefficient (Wildman–Crippen LogP) is 2.07. The number of benzene rings is 1. The number of nitrogens with one attached hydrogen (secondary N) is 2. The van der Waals surface area contributed by atoms with Gasteiger partial charge in [-0.3, -0.25) is 4.79 Å². The Kier molecular flexibility index (Phi) is 5.25. The Balaban J connectivity index is 1.40. The second-order valence-corrected chi connectivity index (χ2v) is 5.95. The lowest BCUT2D eigenvalue weighted by Gasteiger charge is -2.22. The molecule has 0 saturated carbocycles. The van der Waals surface area contributed by atoms with E-state index in [1.54, 1.807) is 0 Å². The van der Waals surface area contributed by atoms with Crippen molar-refractivity contribution in [3.63, 3.8) is 0 Å². The Morgan fingerprint density at radius 1 is 1.48 bits per heavy atom. The summed E-state index contributed by atoms with van der Waals surface area (Å²) in [4.78, 5) is 19.4. The minimum Gasteiger partial charge on any atom is -0.376 e. The van der Waals surface area contributed by atoms with E-state index in [4.69, 9.17) is 9.47 Å². The summed E-state index contributed by atoms with van der Waals surface area (Å²) in [5.74, 6) is 0.779. The van der Waals surface area contributed by atoms with Crippen LogP contribution in [-0.4, -0.2) is 41.8 Å². The van der Waals surface area contributed by atoms with Crippen molar-refractivity contribution in [3.8, 4) is 0 Å². The first-order chi connectivity index (χ1) is 11.2. The van der Waals surface area contributed by atoms with Crippen molar-refractivity contribution in [2.24, 2.45) is 0 Å². The van der Waals surface area contributed by atoms with E-state index in [1.807, 2.05) is 25.1 Å². The van der Waals surface area contributed by atoms with Gasteiger partial charge in [-0.1, -0.05) is 6.07 Å². The van der Waals surface area contributed by atoms with Gasteiger partial charge in [0, 0.05) is 13.2 Å². The number of nitrogens with zero attached hydrogens (tertiary/aromatic N) is 1. The second kappa shape index (κ2) is 7.57. The first kappa shape index (κ1) is 16.0. The molecule has 1 saturated heterocycles. The summed E-state index contributed by atoms with van der Waals surface area (Å²) in [5, 5.41) is 2.87. The number of aromatic nitrogens is 2. The Bertz CT molecular complexity index is 662. The number of hydrogen-bond acceptors (Lipinski definition) is 4. The van der Waals surface area contributed by atoms with Gasteiger partial charge in [-0.15, -0.1) is 0 Å². The number of aromatic amines is 1. The number of imidazole rings is 1. The van der Waals surface area contributed by atoms with Crippen molar-refractivity contribution in [1.29, 1.82) is 0 Å². The van der Waals surface area contributed by atoms with Gasteiger partial charge in [-0.25, -0.2) is 4.98 Å². The maximum absolute atomic E-state index is 11.8. The highest BCUT2D eigenvalue weighted by atomic mass is 16.5. The fourth-order valence-electron chi connectivity index (χ4n) is 2.77. The van der Waals surface area contributed by atoms with Crippen molar-refractivity contribution in [1.82, 2.24) is 15.3 Å². The molecule has 1 aromatic heterocycles. The molecule has 2 heterocycles. The number of carbonyl (C=O) groups excluding carboxylic acids is 1. The lowest BCUT2D eigenvalue weighted by atomic mass is 10.1. The van der Waals surface area contributed by atoms with Crippen LogP contribution in [0.1, 0.15) is 30.7 Å². The summed E-state index contributed by atoms with van der Waals surface area (Å²) >= 11 is 0. The van der Waals surface area contributed by atoms with Gasteiger partial charge in [0.25, 0.3) is 0 Å². The van der Waals surface area contributed by atoms with Crippen LogP contribution < -0.4 is 5.32 Å². The van der Waals surface area contributed by atoms with Crippen LogP contribution in [-0.2, 0) is 20.8 Å². The zero-order valence-electron chi connectivity index (χ0n) is 13.4. The third-order valence-electron chi connectivity index (χ3n) is 3.97. The molecule has 1 aliphatic rings. The van der Waals surface area contributed by atoms with Gasteiger partial charge in [-0.05, 0) is 43.9 Å². The lowest BCUT2D eigenvalue weighted by molar-refractivity contribution is -0.128. The van der Waals surface area contributed by atoms with E-state index in [9.17, 15) is 4.79 Å². The molecule has 1 unspecified atom stereocenters. The van der Waals surface area contributed by atoms with Gasteiger partial charge < -0.3 is 19.8 Å². The maximum Gasteiger partial charge on any atom is 0.246 e. The monoisotopic (exact) mass is 317 g/mol. The number of fused-ring (bicyclic) bond motifs is 1. The highest BCUT2D eigenvalue weighted by Gasteiger charge is 2.14. The smallest absolute Gasteiger partial charge is 0.246 e. The second-order valence-electron chi connectivity index (χ2n) is 5.95. The van der Waals surface area contributed by atoms with E-state index in [0.717, 1.165) is 41.9 Å². The SMILES string of the molecule is Cc1nc2ccc(CNC(=O)COCC3CCCCO3)cc2[nH]1. The fourth-order valence-corrected chi connectivity index (χ4v) is 2.77. The molecule has 1 aliphatic heterocycles. The number of rotatable bonds is 6. The minimum absolute atomic E-state index is 0.0747. The van der Waals surface area contributed by atoms with Crippen LogP contribution in [0.5, 0.6) is 0 Å². The van der Waals surface area contributed by atoms with Crippen LogP contribution in [0.15, 0.2) is 18.2 Å². The van der Waals surface area contributed by atoms with E-state index in [-0.39, 0.29) is 18.6 Å². The molecule has 0 radical (unpaired) electrons. The minimum atomic E-state index is -0.110. The summed E-state index contributed by atoms with van der Waals surface area (Å²) in [5.41, 5.74) is 2.96. The molecule has 1 fully saturated rings. The normalized spacial score (nSPS) is 18.2. The maximum atomic E-state index is 11.8. The Morgan fingerprint density at radius 2 is 2.39 bits per heavy atom. The van der Waals surface area contributed by atoms with E-state index < -0.39 is 0 Å². The van der Waals surface area contributed by atoms with Gasteiger partial charge in [0.2, 0.25) is 5.91 Å². The van der Waals surface area contributed by atoms with Gasteiger partial charge in [0.15, 0.2) is 0 Å². The van der Waals surface area contributed by atoms with Crippen molar-refractivity contribution >= 4 is 16.9 Å². The Morgan fingerprint density at radius 3 is 3.22 bits per heavy atom. The first-order valence-corrected chi connectivity index (χ1v) is 8.12. The molecule has 2 N–H and O–H groups in total. The average molecular weight is 317 g/mol. The Labute approximate surface area is 135 Å². The molecule has 2 aromatic rings. The van der Waals surface area contributed by atoms with Crippen molar-refractivity contribution in [3.05, 3.63) is 29.6 Å².